The Morgan fingerprint density at radius 1 is 1.05 bits per heavy atom. The molecule has 1 aromatic carbocycles. The van der Waals surface area contributed by atoms with Crippen LogP contribution in [0.1, 0.15) is 37.3 Å². The van der Waals surface area contributed by atoms with Gasteiger partial charge in [0.1, 0.15) is 0 Å². The highest BCUT2D eigenvalue weighted by Crippen LogP contribution is 2.45. The van der Waals surface area contributed by atoms with Crippen LogP contribution in [0.2, 0.25) is 0 Å². The minimum Gasteiger partial charge on any atom is -0.283 e. The van der Waals surface area contributed by atoms with Gasteiger partial charge in [0, 0.05) is 4.88 Å². The van der Waals surface area contributed by atoms with Crippen LogP contribution in [0.5, 0.6) is 0 Å². The highest BCUT2D eigenvalue weighted by atomic mass is 32.1. The van der Waals surface area contributed by atoms with E-state index in [0.717, 1.165) is 0 Å². The zero-order chi connectivity index (χ0) is 13.9. The van der Waals surface area contributed by atoms with E-state index in [1.807, 2.05) is 11.3 Å². The van der Waals surface area contributed by atoms with Crippen molar-refractivity contribution in [3.63, 3.8) is 0 Å². The van der Waals surface area contributed by atoms with Gasteiger partial charge in [0.05, 0.1) is 6.04 Å². The molecule has 2 atom stereocenters. The van der Waals surface area contributed by atoms with Crippen molar-refractivity contribution >= 4 is 19.4 Å². The fourth-order valence-electron chi connectivity index (χ4n) is 1.79. The van der Waals surface area contributed by atoms with Crippen LogP contribution in [0, 0.1) is 0 Å². The van der Waals surface area contributed by atoms with Gasteiger partial charge in [0.2, 0.25) is 0 Å². The molecule has 19 heavy (non-hydrogen) atoms. The lowest BCUT2D eigenvalue weighted by molar-refractivity contribution is 0.733. The Labute approximate surface area is 121 Å². The molecule has 1 aromatic heterocycles. The quantitative estimate of drug-likeness (QED) is 0.758. The zero-order valence-electron chi connectivity index (χ0n) is 12.1. The van der Waals surface area contributed by atoms with Crippen molar-refractivity contribution in [1.82, 2.24) is 5.09 Å². The largest absolute Gasteiger partial charge is 0.283 e. The lowest BCUT2D eigenvalue weighted by Gasteiger charge is -2.32. The number of hydrogen-bond acceptors (Lipinski definition) is 2. The van der Waals surface area contributed by atoms with E-state index >= 15 is 0 Å². The molecule has 0 spiro atoms. The predicted molar refractivity (Wildman–Crippen MR) is 88.3 cm³/mol. The van der Waals surface area contributed by atoms with Gasteiger partial charge < -0.3 is 0 Å². The molecule has 2 rings (SSSR count). The van der Waals surface area contributed by atoms with Gasteiger partial charge in [-0.1, -0.05) is 57.2 Å². The monoisotopic (exact) mass is 291 g/mol. The van der Waals surface area contributed by atoms with Crippen LogP contribution < -0.4 is 5.09 Å². The second kappa shape index (κ2) is 6.17. The lowest BCUT2D eigenvalue weighted by atomic mass is 10.1. The van der Waals surface area contributed by atoms with Crippen LogP contribution in [0.4, 0.5) is 0 Å². The number of rotatable bonds is 4. The van der Waals surface area contributed by atoms with E-state index in [-0.39, 0.29) is 8.07 Å². The summed E-state index contributed by atoms with van der Waals surface area (Å²) in [6.45, 7) is 9.26. The first-order valence-electron chi connectivity index (χ1n) is 6.57. The first kappa shape index (κ1) is 14.7. The maximum atomic E-state index is 3.85. The zero-order valence-corrected chi connectivity index (χ0v) is 13.8. The molecule has 3 heteroatoms. The van der Waals surface area contributed by atoms with Gasteiger partial charge in [0.15, 0.2) is 0 Å². The van der Waals surface area contributed by atoms with Crippen LogP contribution in [-0.4, -0.2) is 11.8 Å². The Balaban J connectivity index is 2.26. The highest BCUT2D eigenvalue weighted by Gasteiger charge is 2.24. The first-order chi connectivity index (χ1) is 8.98. The van der Waals surface area contributed by atoms with Crippen molar-refractivity contribution in [2.75, 3.05) is 6.66 Å². The SMILES string of the molecule is CP(N[C@H](c1ccccc1)c1cccs1)C(C)(C)C. The summed E-state index contributed by atoms with van der Waals surface area (Å²) in [5, 5.41) is 6.32. The fraction of sp³-hybridized carbons (Fsp3) is 0.375. The number of benzene rings is 1. The Hall–Kier alpha value is -0.690. The summed E-state index contributed by atoms with van der Waals surface area (Å²) in [5.74, 6) is 0. The van der Waals surface area contributed by atoms with Crippen LogP contribution >= 0.6 is 19.4 Å². The maximum absolute atomic E-state index is 3.85. The van der Waals surface area contributed by atoms with Gasteiger partial charge in [-0.15, -0.1) is 11.3 Å². The average molecular weight is 291 g/mol. The van der Waals surface area contributed by atoms with Crippen LogP contribution in [-0.2, 0) is 0 Å². The van der Waals surface area contributed by atoms with E-state index in [1.165, 1.54) is 10.4 Å². The number of thiophene rings is 1. The van der Waals surface area contributed by atoms with Gasteiger partial charge >= 0.3 is 0 Å². The molecule has 0 saturated carbocycles. The van der Waals surface area contributed by atoms with E-state index < -0.39 is 0 Å². The van der Waals surface area contributed by atoms with Crippen LogP contribution in [0.25, 0.3) is 0 Å². The molecular formula is C16H22NPS. The molecule has 0 fully saturated rings. The lowest BCUT2D eigenvalue weighted by Crippen LogP contribution is -2.25. The van der Waals surface area contributed by atoms with Crippen molar-refractivity contribution < 1.29 is 0 Å². The standard InChI is InChI=1S/C16H22NPS/c1-16(2,3)18(4)17-15(14-11-8-12-19-14)13-9-6-5-7-10-13/h5-12,15,17H,1-4H3/t15-,18?/m1/s1. The molecule has 1 unspecified atom stereocenters. The molecule has 1 N–H and O–H groups in total. The van der Waals surface area contributed by atoms with E-state index in [0.29, 0.717) is 11.2 Å². The summed E-state index contributed by atoms with van der Waals surface area (Å²) in [4.78, 5) is 1.39. The molecule has 0 radical (unpaired) electrons. The normalized spacial score (nSPS) is 15.2. The van der Waals surface area contributed by atoms with Crippen molar-refractivity contribution in [1.29, 1.82) is 0 Å². The average Bonchev–Trinajstić information content (AvgIpc) is 2.89. The van der Waals surface area contributed by atoms with Crippen molar-refractivity contribution in [2.24, 2.45) is 0 Å². The minimum absolute atomic E-state index is 0.233. The first-order valence-corrected chi connectivity index (χ1v) is 9.23. The second-order valence-corrected chi connectivity index (χ2v) is 9.42. The summed E-state index contributed by atoms with van der Waals surface area (Å²) in [5.41, 5.74) is 1.35. The molecule has 0 aliphatic rings. The topological polar surface area (TPSA) is 12.0 Å². The smallest absolute Gasteiger partial charge is 0.0703 e. The fourth-order valence-corrected chi connectivity index (χ4v) is 3.74. The summed E-state index contributed by atoms with van der Waals surface area (Å²) in [6, 6.07) is 15.4. The van der Waals surface area contributed by atoms with Gasteiger partial charge in [-0.3, -0.25) is 5.09 Å². The molecule has 1 nitrogen and oxygen atoms in total. The van der Waals surface area contributed by atoms with Crippen molar-refractivity contribution in [3.8, 4) is 0 Å². The van der Waals surface area contributed by atoms with Crippen LogP contribution in [0.15, 0.2) is 47.8 Å². The molecule has 102 valence electrons. The number of hydrogen-bond donors (Lipinski definition) is 1. The summed E-state index contributed by atoms with van der Waals surface area (Å²) in [6.07, 6.45) is 0. The summed E-state index contributed by atoms with van der Waals surface area (Å²) < 4.78 is 0. The van der Waals surface area contributed by atoms with Crippen molar-refractivity contribution in [3.05, 3.63) is 58.3 Å². The third-order valence-corrected chi connectivity index (χ3v) is 6.88. The third kappa shape index (κ3) is 3.89. The van der Waals surface area contributed by atoms with E-state index in [9.17, 15) is 0 Å². The Morgan fingerprint density at radius 3 is 2.26 bits per heavy atom. The Kier molecular flexibility index (Phi) is 4.78. The van der Waals surface area contributed by atoms with Gasteiger partial charge in [-0.2, -0.15) is 0 Å². The van der Waals surface area contributed by atoms with Crippen LogP contribution in [0.3, 0.4) is 0 Å². The molecule has 0 aliphatic carbocycles. The summed E-state index contributed by atoms with van der Waals surface area (Å²) >= 11 is 1.83. The minimum atomic E-state index is -0.233. The molecule has 0 amide bonds. The highest BCUT2D eigenvalue weighted by molar-refractivity contribution is 7.56. The Bertz CT molecular complexity index is 487. The molecule has 1 heterocycles. The molecule has 0 aliphatic heterocycles. The summed E-state index contributed by atoms with van der Waals surface area (Å²) in [7, 11) is -0.233. The molecule has 2 aromatic rings. The molecular weight excluding hydrogens is 269 g/mol. The number of nitrogens with one attached hydrogen (secondary N) is 1. The van der Waals surface area contributed by atoms with Crippen molar-refractivity contribution in [2.45, 2.75) is 32.0 Å². The second-order valence-electron chi connectivity index (χ2n) is 5.72. The van der Waals surface area contributed by atoms with E-state index in [1.54, 1.807) is 0 Å². The Morgan fingerprint density at radius 2 is 1.74 bits per heavy atom. The van der Waals surface area contributed by atoms with E-state index in [2.05, 4.69) is 80.4 Å². The van der Waals surface area contributed by atoms with Gasteiger partial charge in [-0.05, 0) is 36.9 Å². The maximum Gasteiger partial charge on any atom is 0.0703 e. The molecule has 0 bridgehead atoms. The van der Waals surface area contributed by atoms with Gasteiger partial charge in [0.25, 0.3) is 0 Å². The molecule has 0 saturated heterocycles. The van der Waals surface area contributed by atoms with E-state index in [4.69, 9.17) is 0 Å². The van der Waals surface area contributed by atoms with Gasteiger partial charge in [-0.25, -0.2) is 0 Å². The third-order valence-electron chi connectivity index (χ3n) is 3.29. The predicted octanol–water partition coefficient (Wildman–Crippen LogP) is 5.25.